The van der Waals surface area contributed by atoms with Crippen molar-refractivity contribution in [3.63, 3.8) is 0 Å². The molecule has 8 N–H and O–H groups in total. The minimum atomic E-state index is -4.82. The Labute approximate surface area is 354 Å². The second kappa shape index (κ2) is 19.1. The van der Waals surface area contributed by atoms with Crippen LogP contribution in [0.25, 0.3) is 11.1 Å². The van der Waals surface area contributed by atoms with E-state index in [0.29, 0.717) is 22.4 Å². The molecule has 3 aliphatic heterocycles. The lowest BCUT2D eigenvalue weighted by atomic mass is 9.77. The lowest BCUT2D eigenvalue weighted by molar-refractivity contribution is -0.341. The highest BCUT2D eigenvalue weighted by Gasteiger charge is 2.52. The molecule has 3 fully saturated rings. The summed E-state index contributed by atoms with van der Waals surface area (Å²) < 4.78 is 78.2. The molecule has 0 aromatic heterocycles. The minimum Gasteiger partial charge on any atom is -0.394 e. The molecule has 0 bridgehead atoms. The molecule has 7 rings (SSSR count). The third-order valence-electron chi connectivity index (χ3n) is 11.5. The second-order valence-electron chi connectivity index (χ2n) is 15.5. The number of β-lactam (4-membered cyclic amide) rings is 1. The number of ether oxygens (including phenoxy) is 3. The molecule has 16 nitrogen and oxygen atoms in total. The van der Waals surface area contributed by atoms with E-state index in [4.69, 9.17) is 18.4 Å². The van der Waals surface area contributed by atoms with E-state index in [2.05, 4.69) is 0 Å². The summed E-state index contributed by atoms with van der Waals surface area (Å²) in [6, 6.07) is 23.0. The third-order valence-corrected chi connectivity index (χ3v) is 12.6. The van der Waals surface area contributed by atoms with Gasteiger partial charge in [0.15, 0.2) is 6.29 Å². The number of anilines is 1. The van der Waals surface area contributed by atoms with Crippen molar-refractivity contribution in [2.75, 3.05) is 23.9 Å². The summed E-state index contributed by atoms with van der Waals surface area (Å²) in [7, 11) is -4.82. The molecule has 334 valence electrons. The van der Waals surface area contributed by atoms with E-state index in [1.807, 2.05) is 0 Å². The van der Waals surface area contributed by atoms with Crippen molar-refractivity contribution in [2.24, 2.45) is 5.92 Å². The van der Waals surface area contributed by atoms with Gasteiger partial charge in [-0.25, -0.2) is 8.78 Å². The maximum absolute atomic E-state index is 14.1. The third kappa shape index (κ3) is 9.54. The fourth-order valence-corrected chi connectivity index (χ4v) is 9.27. The van der Waals surface area contributed by atoms with Crippen molar-refractivity contribution in [3.05, 3.63) is 120 Å². The molecule has 3 saturated heterocycles. The Morgan fingerprint density at radius 2 is 1.34 bits per heavy atom. The molecule has 0 radical (unpaired) electrons. The molecule has 12 unspecified atom stereocenters. The summed E-state index contributed by atoms with van der Waals surface area (Å²) in [5.74, 6) is -3.64. The molecule has 3 heterocycles. The Hall–Kier alpha value is -4.48. The summed E-state index contributed by atoms with van der Waals surface area (Å²) in [5, 5.41) is 83.9. The molecule has 13 atom stereocenters. The van der Waals surface area contributed by atoms with E-state index in [-0.39, 0.29) is 24.2 Å². The number of aliphatic hydroxyl groups excluding tert-OH is 8. The molecule has 3 aliphatic rings. The highest BCUT2D eigenvalue weighted by molar-refractivity contribution is 7.87. The molecular weight excluding hydrogens is 841 g/mol. The molecule has 0 aliphatic carbocycles. The van der Waals surface area contributed by atoms with Crippen LogP contribution in [0.3, 0.4) is 0 Å². The Kier molecular flexibility index (Phi) is 14.0. The van der Waals surface area contributed by atoms with Crippen molar-refractivity contribution in [1.29, 1.82) is 0 Å². The van der Waals surface area contributed by atoms with Crippen LogP contribution in [0.15, 0.2) is 97.1 Å². The van der Waals surface area contributed by atoms with Gasteiger partial charge in [-0.05, 0) is 72.0 Å². The van der Waals surface area contributed by atoms with Gasteiger partial charge in [-0.15, -0.1) is 0 Å². The number of carbonyl (C=O) groups is 1. The number of hydrogen-bond acceptors (Lipinski definition) is 15. The number of halogens is 2. The van der Waals surface area contributed by atoms with E-state index in [0.717, 1.165) is 12.1 Å². The number of benzene rings is 4. The monoisotopic (exact) mass is 887 g/mol. The first kappa shape index (κ1) is 45.5. The predicted molar refractivity (Wildman–Crippen MR) is 213 cm³/mol. The van der Waals surface area contributed by atoms with Gasteiger partial charge in [-0.2, -0.15) is 8.42 Å². The second-order valence-corrected chi connectivity index (χ2v) is 17.1. The fourth-order valence-electron chi connectivity index (χ4n) is 8.10. The van der Waals surface area contributed by atoms with E-state index in [1.165, 1.54) is 47.4 Å². The van der Waals surface area contributed by atoms with Crippen molar-refractivity contribution >= 4 is 21.7 Å². The Morgan fingerprint density at radius 3 is 1.98 bits per heavy atom. The fraction of sp³-hybridized carbons (Fsp3) is 0.419. The van der Waals surface area contributed by atoms with Gasteiger partial charge < -0.3 is 64.1 Å². The maximum atomic E-state index is 14.1. The zero-order chi connectivity index (χ0) is 44.5. The molecule has 19 heteroatoms. The van der Waals surface area contributed by atoms with Crippen molar-refractivity contribution in [3.8, 4) is 16.9 Å². The van der Waals surface area contributed by atoms with Gasteiger partial charge in [0.2, 0.25) is 5.91 Å². The van der Waals surface area contributed by atoms with Gasteiger partial charge in [0.05, 0.1) is 31.3 Å². The minimum absolute atomic E-state index is 0.0543. The largest absolute Gasteiger partial charge is 0.394 e. The van der Waals surface area contributed by atoms with Crippen LogP contribution >= 0.6 is 0 Å². The number of nitrogens with zero attached hydrogens (tertiary/aromatic N) is 1. The summed E-state index contributed by atoms with van der Waals surface area (Å²) in [6.45, 7) is -1.70. The van der Waals surface area contributed by atoms with Crippen LogP contribution in [0.1, 0.15) is 36.1 Å². The molecule has 4 aromatic rings. The van der Waals surface area contributed by atoms with Crippen LogP contribution in [0.4, 0.5) is 14.5 Å². The maximum Gasteiger partial charge on any atom is 0.311 e. The van der Waals surface area contributed by atoms with Crippen molar-refractivity contribution in [1.82, 2.24) is 0 Å². The standard InChI is InChI=1S/C43H47F2NO15S/c44-25-9-6-23(7-10-25)30(49)17-16-29-35(46(42(29)55)27-13-11-26(45)12-14-27)28-15-8-24(22-4-2-1-3-5-22)18-31(28)61-62(56,57)21-34-37(51)39(53)41(33(20-48)58-34)60-43-40(54)38(52)36(50)32(19-47)59-43/h1-15,18,29-30,32-41,43,47-54H,16-17,19-21H2/t29-,30?,32?,33?,34?,35?,36?,37?,38?,39?,40?,41?,43?/m1/s1. The molecule has 0 spiro atoms. The Bertz CT molecular complexity index is 2250. The predicted octanol–water partition coefficient (Wildman–Crippen LogP) is 1.22. The van der Waals surface area contributed by atoms with Gasteiger partial charge in [-0.1, -0.05) is 54.6 Å². The summed E-state index contributed by atoms with van der Waals surface area (Å²) >= 11 is 0. The van der Waals surface area contributed by atoms with E-state index >= 15 is 0 Å². The Balaban J connectivity index is 1.17. The highest BCUT2D eigenvalue weighted by atomic mass is 32.2. The van der Waals surface area contributed by atoms with Crippen molar-refractivity contribution < 1.29 is 81.2 Å². The van der Waals surface area contributed by atoms with E-state index in [9.17, 15) is 62.8 Å². The zero-order valence-corrected chi connectivity index (χ0v) is 33.6. The van der Waals surface area contributed by atoms with Crippen LogP contribution in [0.5, 0.6) is 5.75 Å². The van der Waals surface area contributed by atoms with E-state index < -0.39 is 126 Å². The van der Waals surface area contributed by atoms with Gasteiger partial charge in [0, 0.05) is 11.3 Å². The smallest absolute Gasteiger partial charge is 0.311 e. The zero-order valence-electron chi connectivity index (χ0n) is 32.8. The number of aliphatic hydroxyl groups is 8. The van der Waals surface area contributed by atoms with Crippen LogP contribution in [0, 0.1) is 17.6 Å². The van der Waals surface area contributed by atoms with Gasteiger partial charge in [0.25, 0.3) is 0 Å². The van der Waals surface area contributed by atoms with Gasteiger partial charge in [0.1, 0.15) is 78.1 Å². The summed E-state index contributed by atoms with van der Waals surface area (Å²) in [6.07, 6.45) is -18.6. The first-order valence-corrected chi connectivity index (χ1v) is 21.4. The average Bonchev–Trinajstić information content (AvgIpc) is 3.26. The van der Waals surface area contributed by atoms with Crippen LogP contribution in [-0.2, 0) is 29.1 Å². The SMILES string of the molecule is O=C1[C@H](CCC(O)c2ccc(F)cc2)C(c2ccc(-c3ccccc3)cc2OS(=O)(=O)CC2OC(CO)C(OC3OC(CO)C(O)C(O)C3O)C(O)C2O)N1c1ccc(F)cc1. The lowest BCUT2D eigenvalue weighted by Gasteiger charge is -2.48. The topological polar surface area (TPSA) is 253 Å². The molecule has 4 aromatic carbocycles. The molecular formula is C43H47F2NO15S. The average molecular weight is 888 g/mol. The highest BCUT2D eigenvalue weighted by Crippen LogP contribution is 2.50. The lowest BCUT2D eigenvalue weighted by Crippen LogP contribution is -2.65. The number of carbonyl (C=O) groups excluding carboxylic acids is 1. The normalized spacial score (nSPS) is 30.7. The number of rotatable bonds is 15. The van der Waals surface area contributed by atoms with Gasteiger partial charge >= 0.3 is 10.1 Å². The van der Waals surface area contributed by atoms with Crippen molar-refractivity contribution in [2.45, 2.75) is 86.2 Å². The first-order chi connectivity index (χ1) is 29.6. The van der Waals surface area contributed by atoms with Crippen LogP contribution in [0.2, 0.25) is 0 Å². The van der Waals surface area contributed by atoms with Crippen LogP contribution < -0.4 is 9.08 Å². The Morgan fingerprint density at radius 1 is 0.710 bits per heavy atom. The first-order valence-electron chi connectivity index (χ1n) is 19.8. The van der Waals surface area contributed by atoms with Crippen LogP contribution in [-0.4, -0.2) is 135 Å². The molecule has 1 amide bonds. The summed E-state index contributed by atoms with van der Waals surface area (Å²) in [5.41, 5.74) is 2.11. The van der Waals surface area contributed by atoms with Gasteiger partial charge in [-0.3, -0.25) is 4.79 Å². The number of hydrogen-bond donors (Lipinski definition) is 8. The molecule has 0 saturated carbocycles. The van der Waals surface area contributed by atoms with E-state index in [1.54, 1.807) is 42.5 Å². The summed E-state index contributed by atoms with van der Waals surface area (Å²) in [4.78, 5) is 15.3. The number of amides is 1. The quantitative estimate of drug-likeness (QED) is 0.0618. The molecule has 62 heavy (non-hydrogen) atoms.